The van der Waals surface area contributed by atoms with Gasteiger partial charge in [0.05, 0.1) is 5.70 Å². The predicted molar refractivity (Wildman–Crippen MR) is 546 cm³/mol. The van der Waals surface area contributed by atoms with Gasteiger partial charge in [-0.25, -0.2) is 0 Å². The molecule has 694 valence electrons. The summed E-state index contributed by atoms with van der Waals surface area (Å²) in [5, 5.41) is 1.75. The van der Waals surface area contributed by atoms with E-state index in [2.05, 4.69) is 279 Å². The van der Waals surface area contributed by atoms with Crippen LogP contribution in [0.15, 0.2) is 203 Å². The van der Waals surface area contributed by atoms with Crippen LogP contribution in [0.5, 0.6) is 0 Å². The van der Waals surface area contributed by atoms with E-state index in [-0.39, 0.29) is 6.17 Å². The summed E-state index contributed by atoms with van der Waals surface area (Å²) in [6.45, 7) is 27.5. The highest BCUT2D eigenvalue weighted by atomic mass is 15.5. The minimum Gasteiger partial charge on any atom is -0.367 e. The standard InChI is InChI=1S/C27H40N2.C27H34N2.C26H38N2.C22H32N2.C17H24N2/c2*1-20-12-6-11-19-25(20)28-21(2)26(22-13-4-3-5-14-22)29(24-17-9-10-18-24)27(28)23-15-7-8-16-23;1-19-11-3-10-18-24(19)27-20(2)25(21-12-4-5-13-21)28(23-16-8-9-17-23)26(27)22-14-6-7-15-22;1-16-10-4-9-15-21(16)24-18(3)17(2)23(20-13-7-8-14-20)22(24)19-11-5-6-12-19;1-12-8-4-7-11-16(12)19-14(3)13(2)18-17(19)15-9-5-6-10-15/h6,11-12,19,22-24,27H,3-5,7-10,13-18H2,1-2H3;3-6,11-14,19,23-24,27H,7-10,15-18H2,1-2H3;3,10-11,18,21-23,26H,4-9,12-17H2,1-2H3;4,9-10,15,19-20,22H,5-8,11-14H2,1-3H3;4,7-8,11,15,17-18H,5-6,9-10H2,1-3H3/i/hD. The summed E-state index contributed by atoms with van der Waals surface area (Å²) in [5.41, 5.74) is 30.3. The van der Waals surface area contributed by atoms with Crippen LogP contribution in [0.1, 0.15) is 371 Å². The summed E-state index contributed by atoms with van der Waals surface area (Å²) in [5.74, 6) is 5.43. The molecule has 5 aliphatic heterocycles. The third kappa shape index (κ3) is 18.9. The topological polar surface area (TPSA) is 41.2 Å². The largest absolute Gasteiger partial charge is 0.367 e. The Balaban J connectivity index is 0.000000110. The minimum absolute atomic E-state index is 0.179. The predicted octanol–water partition coefficient (Wildman–Crippen LogP) is 31.3. The molecular weight excluding hydrogens is 1570 g/mol. The van der Waals surface area contributed by atoms with E-state index in [1.807, 2.05) is 0 Å². The lowest BCUT2D eigenvalue weighted by molar-refractivity contribution is 0.133. The average Bonchev–Trinajstić information content (AvgIpc) is 1.64. The molecule has 1 N–H and O–H groups in total. The zero-order valence-corrected chi connectivity index (χ0v) is 82.5. The van der Waals surface area contributed by atoms with Crippen molar-refractivity contribution in [3.8, 4) is 0 Å². The van der Waals surface area contributed by atoms with Crippen molar-refractivity contribution in [1.29, 1.82) is 0 Å². The van der Waals surface area contributed by atoms with E-state index in [0.29, 0.717) is 36.6 Å². The molecule has 0 spiro atoms. The van der Waals surface area contributed by atoms with Crippen molar-refractivity contribution in [2.24, 2.45) is 41.4 Å². The second-order valence-corrected chi connectivity index (χ2v) is 43.5. The van der Waals surface area contributed by atoms with Crippen molar-refractivity contribution >= 4 is 34.1 Å². The first-order chi connectivity index (χ1) is 63.6. The fourth-order valence-corrected chi connectivity index (χ4v) is 29.0. The molecule has 0 aromatic heterocycles. The maximum Gasteiger partial charge on any atom is 0.162 e. The number of hydrogen-bond donors (Lipinski definition) is 1. The monoisotopic (exact) mass is 1740 g/mol. The number of aryl methyl sites for hydroxylation is 5. The van der Waals surface area contributed by atoms with Crippen molar-refractivity contribution in [1.82, 2.24) is 24.9 Å². The Morgan fingerprint density at radius 2 is 0.481 bits per heavy atom. The van der Waals surface area contributed by atoms with E-state index in [9.17, 15) is 0 Å². The summed E-state index contributed by atoms with van der Waals surface area (Å²) < 4.78 is 8.47. The Kier molecular flexibility index (Phi) is 29.4. The number of anilines is 5. The highest BCUT2D eigenvalue weighted by Crippen LogP contribution is 2.56. The smallest absolute Gasteiger partial charge is 0.162 e. The summed E-state index contributed by atoms with van der Waals surface area (Å²) in [7, 11) is 0. The lowest BCUT2D eigenvalue weighted by atomic mass is 9.85. The van der Waals surface area contributed by atoms with Gasteiger partial charge in [0.2, 0.25) is 0 Å². The molecule has 10 nitrogen and oxygen atoms in total. The first kappa shape index (κ1) is 90.2. The zero-order chi connectivity index (χ0) is 89.6. The minimum atomic E-state index is 0.179. The number of para-hydroxylation sites is 5. The van der Waals surface area contributed by atoms with Gasteiger partial charge < -0.3 is 49.4 Å². The van der Waals surface area contributed by atoms with E-state index in [1.54, 1.807) is 28.1 Å². The number of hydrogen-bond acceptors (Lipinski definition) is 10. The van der Waals surface area contributed by atoms with Gasteiger partial charge in [-0.05, 0) is 318 Å². The van der Waals surface area contributed by atoms with E-state index < -0.39 is 0 Å². The van der Waals surface area contributed by atoms with Gasteiger partial charge in [0.1, 0.15) is 30.8 Å². The normalized spacial score (nSPS) is 26.1. The molecule has 0 radical (unpaired) electrons. The first-order valence-corrected chi connectivity index (χ1v) is 53.7. The zero-order valence-electron chi connectivity index (χ0n) is 83.5. The lowest BCUT2D eigenvalue weighted by Gasteiger charge is -2.43. The van der Waals surface area contributed by atoms with E-state index in [1.165, 1.54) is 379 Å². The molecule has 11 aliphatic carbocycles. The molecule has 5 atom stereocenters. The first-order valence-electron chi connectivity index (χ1n) is 54.2. The summed E-state index contributed by atoms with van der Waals surface area (Å²) in [6, 6.07) is 58.9. The Morgan fingerprint density at radius 3 is 0.829 bits per heavy atom. The van der Waals surface area contributed by atoms with Gasteiger partial charge in [0, 0.05) is 116 Å². The van der Waals surface area contributed by atoms with Crippen molar-refractivity contribution < 1.29 is 1.41 Å². The molecule has 5 unspecified atom stereocenters. The SMILES string of the molecule is CC1=C(C)N(C2CCCC2)C(C2CCCC2)N1c1ccccc1C.CC1=C(C2CCCC2)N(C2CCCC2)C(C2CCCC2)N1c1ccccc1C.CC1=C(C2CCCCC2)N(C2CCCC2)C(C2CCCC2)N1c1ccccc1C.CC1=C(c2ccccc2)N(C2CCCC2)C(C2CCCC2)N1c1ccccc1C.[2H]N1C(C)=C(C)N(c2ccccc2C)C1C1CCCC1. The van der Waals surface area contributed by atoms with Crippen LogP contribution in [-0.2, 0) is 0 Å². The van der Waals surface area contributed by atoms with Crippen molar-refractivity contribution in [3.63, 3.8) is 0 Å². The summed E-state index contributed by atoms with van der Waals surface area (Å²) >= 11 is 0. The molecule has 5 heterocycles. The molecule has 0 bridgehead atoms. The van der Waals surface area contributed by atoms with Gasteiger partial charge in [0.15, 0.2) is 1.41 Å². The van der Waals surface area contributed by atoms with Gasteiger partial charge >= 0.3 is 0 Å². The van der Waals surface area contributed by atoms with Crippen LogP contribution in [0, 0.1) is 76.0 Å². The second-order valence-electron chi connectivity index (χ2n) is 43.5. The molecule has 11 fully saturated rings. The quantitative estimate of drug-likeness (QED) is 0.0955. The Labute approximate surface area is 784 Å². The van der Waals surface area contributed by atoms with Crippen molar-refractivity contribution in [3.05, 3.63) is 236 Å². The fourth-order valence-electron chi connectivity index (χ4n) is 29.0. The molecule has 0 saturated heterocycles. The van der Waals surface area contributed by atoms with Gasteiger partial charge in [0.25, 0.3) is 0 Å². The van der Waals surface area contributed by atoms with Crippen LogP contribution in [-0.4, -0.2) is 74.6 Å². The van der Waals surface area contributed by atoms with Crippen LogP contribution in [0.25, 0.3) is 5.70 Å². The maximum absolute atomic E-state index is 8.47. The van der Waals surface area contributed by atoms with E-state index >= 15 is 0 Å². The average molecular weight is 1740 g/mol. The number of nitrogens with zero attached hydrogens (tertiary/aromatic N) is 9. The molecule has 6 aromatic carbocycles. The van der Waals surface area contributed by atoms with Crippen LogP contribution in [0.4, 0.5) is 28.4 Å². The number of allylic oxidation sites excluding steroid dienone is 9. The van der Waals surface area contributed by atoms with Gasteiger partial charge in [-0.3, -0.25) is 0 Å². The highest BCUT2D eigenvalue weighted by molar-refractivity contribution is 5.78. The van der Waals surface area contributed by atoms with Crippen LogP contribution >= 0.6 is 0 Å². The molecule has 10 heteroatoms. The van der Waals surface area contributed by atoms with Crippen LogP contribution < -0.4 is 29.8 Å². The van der Waals surface area contributed by atoms with Gasteiger partial charge in [-0.15, -0.1) is 0 Å². The Bertz CT molecular complexity index is 4890. The molecule has 129 heavy (non-hydrogen) atoms. The second kappa shape index (κ2) is 42.1. The number of rotatable bonds is 17. The maximum atomic E-state index is 8.47. The van der Waals surface area contributed by atoms with Crippen molar-refractivity contribution in [2.75, 3.05) is 24.5 Å². The third-order valence-corrected chi connectivity index (χ3v) is 35.6. The van der Waals surface area contributed by atoms with Gasteiger partial charge in [-0.1, -0.05) is 269 Å². The van der Waals surface area contributed by atoms with E-state index in [4.69, 9.17) is 1.41 Å². The van der Waals surface area contributed by atoms with Gasteiger partial charge in [-0.2, -0.15) is 0 Å². The lowest BCUT2D eigenvalue weighted by Crippen LogP contribution is -2.49. The molecule has 11 saturated carbocycles. The molecule has 6 aromatic rings. The summed E-state index contributed by atoms with van der Waals surface area (Å²) in [6.07, 6.45) is 65.2. The summed E-state index contributed by atoms with van der Waals surface area (Å²) in [4.78, 5) is 25.2. The molecule has 16 aliphatic rings. The number of nitrogens with one attached hydrogen (secondary N) is 1. The third-order valence-electron chi connectivity index (χ3n) is 35.6. The Hall–Kier alpha value is -7.98. The van der Waals surface area contributed by atoms with Crippen LogP contribution in [0.3, 0.4) is 0 Å². The molecule has 22 rings (SSSR count). The number of benzene rings is 6. The fraction of sp³-hybridized carbons (Fsp3) is 0.613. The van der Waals surface area contributed by atoms with Crippen molar-refractivity contribution in [2.45, 2.75) is 427 Å². The molecule has 0 amide bonds. The Morgan fingerprint density at radius 1 is 0.225 bits per heavy atom. The van der Waals surface area contributed by atoms with E-state index in [0.717, 1.165) is 59.3 Å². The van der Waals surface area contributed by atoms with Crippen LogP contribution in [0.2, 0.25) is 1.41 Å². The highest BCUT2D eigenvalue weighted by Gasteiger charge is 2.53. The molecular formula is C119H168N10.